The van der Waals surface area contributed by atoms with Crippen LogP contribution in [0.3, 0.4) is 0 Å². The molecule has 0 aromatic carbocycles. The summed E-state index contributed by atoms with van der Waals surface area (Å²) in [7, 11) is 2.42. The van der Waals surface area contributed by atoms with Gasteiger partial charge in [-0.25, -0.2) is 0 Å². The summed E-state index contributed by atoms with van der Waals surface area (Å²) in [6.07, 6.45) is 0. The molecule has 6 heavy (non-hydrogen) atoms. The Morgan fingerprint density at radius 3 is 1.50 bits per heavy atom. The van der Waals surface area contributed by atoms with Gasteiger partial charge in [-0.05, 0) is 0 Å². The number of rotatable bonds is 0. The quantitative estimate of drug-likeness (QED) is 0.396. The molecule has 0 aliphatic heterocycles. The normalized spacial score (nSPS) is 4.17. The Morgan fingerprint density at radius 2 is 1.50 bits per heavy atom. The van der Waals surface area contributed by atoms with Gasteiger partial charge < -0.3 is 4.12 Å². The summed E-state index contributed by atoms with van der Waals surface area (Å²) < 4.78 is 4.42. The van der Waals surface area contributed by atoms with Crippen molar-refractivity contribution in [3.63, 3.8) is 0 Å². The van der Waals surface area contributed by atoms with E-state index in [2.05, 4.69) is 17.3 Å². The molecule has 1 radical (unpaired) electrons. The fraction of sp³-hybridized carbons (Fsp3) is 0. The Bertz CT molecular complexity index is 15.5. The van der Waals surface area contributed by atoms with Crippen LogP contribution in [0.5, 0.6) is 0 Å². The molecule has 4 heteroatoms. The van der Waals surface area contributed by atoms with Crippen LogP contribution in [-0.2, 0) is 25.2 Å². The zero-order chi connectivity index (χ0) is 4.71. The maximum Gasteiger partial charge on any atom is 0.157 e. The van der Waals surface area contributed by atoms with Crippen LogP contribution in [0.25, 0.3) is 0 Å². The second-order valence-electron chi connectivity index (χ2n) is 0.289. The number of hydrogen-bond donors (Lipinski definition) is 0. The van der Waals surface area contributed by atoms with Gasteiger partial charge in [0.15, 0.2) is 10.5 Å². The molecule has 0 N–H and O–H groups in total. The van der Waals surface area contributed by atoms with E-state index >= 15 is 0 Å². The van der Waals surface area contributed by atoms with Crippen molar-refractivity contribution >= 4 is 21.0 Å². The van der Waals surface area contributed by atoms with Crippen LogP contribution in [-0.4, -0.2) is 21.0 Å². The van der Waals surface area contributed by atoms with Crippen molar-refractivity contribution in [2.75, 3.05) is 0 Å². The van der Waals surface area contributed by atoms with Gasteiger partial charge >= 0.3 is 0 Å². The summed E-state index contributed by atoms with van der Waals surface area (Å²) in [5, 5.41) is 0. The fourth-order valence-electron chi connectivity index (χ4n) is 0. The molecule has 0 aliphatic rings. The molecule has 0 rings (SSSR count). The molecule has 0 atom stereocenters. The zero-order valence-electron chi connectivity index (χ0n) is 3.85. The Balaban J connectivity index is -0.0000000275. The first-order valence-electron chi connectivity index (χ1n) is 1.20. The average molecular weight is 300 g/mol. The Labute approximate surface area is 59.5 Å². The van der Waals surface area contributed by atoms with Crippen LogP contribution >= 0.6 is 0 Å². The average Bonchev–Trinajstić information content (AvgIpc) is 1.46. The summed E-state index contributed by atoms with van der Waals surface area (Å²) in [6, 6.07) is 0. The van der Waals surface area contributed by atoms with Gasteiger partial charge in [-0.2, -0.15) is 0 Å². The molecule has 0 aromatic heterocycles. The molecular weight excluding hydrogens is 291 g/mol. The summed E-state index contributed by atoms with van der Waals surface area (Å²) in [5.74, 6) is 0. The van der Waals surface area contributed by atoms with Gasteiger partial charge in [-0.3, -0.25) is 0 Å². The maximum atomic E-state index is 4.42. The molecule has 41 valence electrons. The SMILES string of the molecule is C=C.[Pt].[SiH2]O[SiH3]. The van der Waals surface area contributed by atoms with Gasteiger partial charge in [0.25, 0.3) is 0 Å². The van der Waals surface area contributed by atoms with E-state index in [9.17, 15) is 0 Å². The van der Waals surface area contributed by atoms with Crippen LogP contribution in [0.15, 0.2) is 13.2 Å². The van der Waals surface area contributed by atoms with Crippen LogP contribution in [0.1, 0.15) is 0 Å². The fourth-order valence-corrected chi connectivity index (χ4v) is 0. The van der Waals surface area contributed by atoms with Crippen molar-refractivity contribution in [3.05, 3.63) is 13.2 Å². The third-order valence-electron chi connectivity index (χ3n) is 0. The van der Waals surface area contributed by atoms with Crippen molar-refractivity contribution in [1.82, 2.24) is 0 Å². The molecule has 0 unspecified atom stereocenters. The molecule has 0 heterocycles. The number of hydrogen-bond acceptors (Lipinski definition) is 1. The van der Waals surface area contributed by atoms with E-state index in [-0.39, 0.29) is 21.1 Å². The van der Waals surface area contributed by atoms with Crippen molar-refractivity contribution in [2.24, 2.45) is 0 Å². The minimum absolute atomic E-state index is 0. The Kier molecular flexibility index (Phi) is 108. The predicted molar refractivity (Wildman–Crippen MR) is 30.8 cm³/mol. The predicted octanol–water partition coefficient (Wildman–Crippen LogP) is -1.37. The van der Waals surface area contributed by atoms with E-state index in [1.165, 1.54) is 10.5 Å². The molecule has 0 spiro atoms. The van der Waals surface area contributed by atoms with Crippen molar-refractivity contribution in [1.29, 1.82) is 0 Å². The molecule has 0 amide bonds. The first-order valence-corrected chi connectivity index (χ1v) is 2.59. The Hall–Kier alpha value is 0.822. The van der Waals surface area contributed by atoms with Gasteiger partial charge in [0.2, 0.25) is 0 Å². The van der Waals surface area contributed by atoms with Crippen LogP contribution in [0.2, 0.25) is 0 Å². The van der Waals surface area contributed by atoms with Gasteiger partial charge in [0.1, 0.15) is 10.5 Å². The third kappa shape index (κ3) is 104. The summed E-state index contributed by atoms with van der Waals surface area (Å²) >= 11 is 0. The van der Waals surface area contributed by atoms with Gasteiger partial charge in [-0.1, -0.05) is 0 Å². The van der Waals surface area contributed by atoms with Crippen molar-refractivity contribution in [2.45, 2.75) is 0 Å². The molecule has 1 nitrogen and oxygen atoms in total. The smallest absolute Gasteiger partial charge is 0.157 e. The van der Waals surface area contributed by atoms with E-state index in [0.717, 1.165) is 10.5 Å². The van der Waals surface area contributed by atoms with Crippen molar-refractivity contribution in [3.8, 4) is 0 Å². The molecule has 0 saturated carbocycles. The van der Waals surface area contributed by atoms with E-state index in [4.69, 9.17) is 0 Å². The topological polar surface area (TPSA) is 9.23 Å². The van der Waals surface area contributed by atoms with Crippen LogP contribution in [0.4, 0.5) is 0 Å². The van der Waals surface area contributed by atoms with Gasteiger partial charge in [0, 0.05) is 21.1 Å². The largest absolute Gasteiger partial charge is 0.468 e. The third-order valence-corrected chi connectivity index (χ3v) is 0. The maximum absolute atomic E-state index is 4.42. The summed E-state index contributed by atoms with van der Waals surface area (Å²) in [4.78, 5) is 0. The second-order valence-corrected chi connectivity index (χ2v) is 2.60. The van der Waals surface area contributed by atoms with E-state index in [0.29, 0.717) is 0 Å². The molecule has 0 saturated heterocycles. The van der Waals surface area contributed by atoms with E-state index in [1.807, 2.05) is 0 Å². The zero-order valence-corrected chi connectivity index (χ0v) is 9.53. The standard InChI is InChI=1S/C2H4.H5OSi2.Pt/c1-2;2-1-3;/h1-2H2;2H2,3H3;. The van der Waals surface area contributed by atoms with Crippen LogP contribution < -0.4 is 0 Å². The van der Waals surface area contributed by atoms with Crippen molar-refractivity contribution < 1.29 is 25.2 Å². The molecular formula is C2H9OPtSi2. The van der Waals surface area contributed by atoms with Crippen LogP contribution in [0, 0.1) is 0 Å². The van der Waals surface area contributed by atoms with E-state index < -0.39 is 0 Å². The second kappa shape index (κ2) is 40.8. The van der Waals surface area contributed by atoms with E-state index in [1.54, 1.807) is 0 Å². The van der Waals surface area contributed by atoms with Gasteiger partial charge in [0.05, 0.1) is 0 Å². The first-order chi connectivity index (χ1) is 2.41. The Morgan fingerprint density at radius 1 is 1.50 bits per heavy atom. The minimum Gasteiger partial charge on any atom is -0.468 e. The molecule has 0 fully saturated rings. The molecule has 0 aliphatic carbocycles. The molecule has 0 bridgehead atoms. The molecule has 0 aromatic rings. The summed E-state index contributed by atoms with van der Waals surface area (Å²) in [6.45, 7) is 6.00. The summed E-state index contributed by atoms with van der Waals surface area (Å²) in [5.41, 5.74) is 0. The monoisotopic (exact) mass is 300 g/mol. The first kappa shape index (κ1) is 15.8. The minimum atomic E-state index is 0. The van der Waals surface area contributed by atoms with Gasteiger partial charge in [-0.15, -0.1) is 13.2 Å².